The van der Waals surface area contributed by atoms with Crippen LogP contribution < -0.4 is 10.5 Å². The number of aromatic amines is 1. The second-order valence-corrected chi connectivity index (χ2v) is 7.85. The number of ether oxygens (including phenoxy) is 1. The Morgan fingerprint density at radius 3 is 2.29 bits per heavy atom. The summed E-state index contributed by atoms with van der Waals surface area (Å²) in [7, 11) is -1.29. The molecule has 0 bridgehead atoms. The van der Waals surface area contributed by atoms with Gasteiger partial charge in [-0.3, -0.25) is 0 Å². The van der Waals surface area contributed by atoms with Crippen LogP contribution in [0.4, 0.5) is 4.79 Å². The lowest BCUT2D eigenvalue weighted by Gasteiger charge is -2.04. The molecule has 1 atom stereocenters. The molecule has 0 aliphatic rings. The molecule has 1 unspecified atom stereocenters. The van der Waals surface area contributed by atoms with E-state index in [2.05, 4.69) is 9.97 Å². The fourth-order valence-electron chi connectivity index (χ4n) is 2.74. The van der Waals surface area contributed by atoms with Crippen molar-refractivity contribution < 1.29 is 13.7 Å². The maximum absolute atomic E-state index is 12.7. The number of hydrogen-bond donors (Lipinski definition) is 2. The molecule has 0 radical (unpaired) electrons. The van der Waals surface area contributed by atoms with Gasteiger partial charge in [0.25, 0.3) is 0 Å². The third-order valence-electron chi connectivity index (χ3n) is 4.04. The van der Waals surface area contributed by atoms with Gasteiger partial charge in [0.05, 0.1) is 21.8 Å². The van der Waals surface area contributed by atoms with Crippen molar-refractivity contribution in [3.05, 3.63) is 71.8 Å². The van der Waals surface area contributed by atoms with E-state index in [1.54, 1.807) is 54.6 Å². The molecule has 0 saturated heterocycles. The highest BCUT2D eigenvalue weighted by molar-refractivity contribution is 7.85. The molecule has 0 fully saturated rings. The molecule has 3 aromatic carbocycles. The molecule has 6 nitrogen and oxygen atoms in total. The number of primary amides is 1. The minimum Gasteiger partial charge on any atom is -0.410 e. The lowest BCUT2D eigenvalue weighted by Crippen LogP contribution is -2.16. The quantitative estimate of drug-likeness (QED) is 0.516. The monoisotopic (exact) mass is 411 g/mol. The lowest BCUT2D eigenvalue weighted by atomic mass is 10.2. The number of hydrogen-bond acceptors (Lipinski definition) is 4. The van der Waals surface area contributed by atoms with Crippen molar-refractivity contribution >= 4 is 39.5 Å². The molecular weight excluding hydrogens is 398 g/mol. The first-order valence-electron chi connectivity index (χ1n) is 8.24. The molecule has 4 rings (SSSR count). The number of carbonyl (C=O) groups is 1. The van der Waals surface area contributed by atoms with E-state index in [1.165, 1.54) is 0 Å². The zero-order valence-electron chi connectivity index (χ0n) is 14.4. The Morgan fingerprint density at radius 1 is 1.00 bits per heavy atom. The summed E-state index contributed by atoms with van der Waals surface area (Å²) in [6.07, 6.45) is -0.872. The molecule has 0 saturated carbocycles. The second-order valence-electron chi connectivity index (χ2n) is 5.93. The minimum absolute atomic E-state index is 0.337. The average Bonchev–Trinajstić information content (AvgIpc) is 3.11. The van der Waals surface area contributed by atoms with Crippen LogP contribution >= 0.6 is 11.6 Å². The maximum Gasteiger partial charge on any atom is 0.409 e. The number of nitrogens with zero attached hydrogens (tertiary/aromatic N) is 1. The van der Waals surface area contributed by atoms with Crippen molar-refractivity contribution in [1.82, 2.24) is 9.97 Å². The Morgan fingerprint density at radius 2 is 1.64 bits per heavy atom. The highest BCUT2D eigenvalue weighted by Crippen LogP contribution is 2.26. The number of H-pyrrole nitrogens is 1. The van der Waals surface area contributed by atoms with Gasteiger partial charge >= 0.3 is 6.09 Å². The van der Waals surface area contributed by atoms with Gasteiger partial charge < -0.3 is 15.5 Å². The molecule has 0 aliphatic heterocycles. The van der Waals surface area contributed by atoms with Crippen LogP contribution in [-0.2, 0) is 10.8 Å². The lowest BCUT2D eigenvalue weighted by molar-refractivity contribution is 0.211. The summed E-state index contributed by atoms with van der Waals surface area (Å²) >= 11 is 5.88. The van der Waals surface area contributed by atoms with E-state index in [4.69, 9.17) is 22.1 Å². The van der Waals surface area contributed by atoms with Gasteiger partial charge in [-0.25, -0.2) is 14.0 Å². The fourth-order valence-corrected chi connectivity index (χ4v) is 3.90. The molecule has 4 aromatic rings. The summed E-state index contributed by atoms with van der Waals surface area (Å²) in [6, 6.07) is 19.2. The molecule has 8 heteroatoms. The van der Waals surface area contributed by atoms with E-state index >= 15 is 0 Å². The van der Waals surface area contributed by atoms with E-state index in [-0.39, 0.29) is 0 Å². The molecule has 0 spiro atoms. The highest BCUT2D eigenvalue weighted by atomic mass is 35.5. The molecular formula is C20H14ClN3O3S. The number of nitrogens with one attached hydrogen (secondary N) is 1. The largest absolute Gasteiger partial charge is 0.410 e. The van der Waals surface area contributed by atoms with Gasteiger partial charge in [0, 0.05) is 26.4 Å². The number of nitrogens with two attached hydrogens (primary N) is 1. The first kappa shape index (κ1) is 18.2. The van der Waals surface area contributed by atoms with Gasteiger partial charge in [0.1, 0.15) is 11.6 Å². The second kappa shape index (κ2) is 7.46. The van der Waals surface area contributed by atoms with E-state index in [0.29, 0.717) is 31.9 Å². The molecule has 28 heavy (non-hydrogen) atoms. The number of halogens is 1. The first-order chi connectivity index (χ1) is 13.5. The van der Waals surface area contributed by atoms with Crippen LogP contribution in [0.1, 0.15) is 0 Å². The number of fused-ring (bicyclic) bond motifs is 1. The van der Waals surface area contributed by atoms with Crippen LogP contribution in [0.25, 0.3) is 22.4 Å². The Balaban J connectivity index is 1.60. The average molecular weight is 412 g/mol. The third kappa shape index (κ3) is 3.76. The van der Waals surface area contributed by atoms with Crippen LogP contribution in [0, 0.1) is 0 Å². The molecule has 1 heterocycles. The van der Waals surface area contributed by atoms with Crippen LogP contribution in [0.15, 0.2) is 76.5 Å². The van der Waals surface area contributed by atoms with E-state index in [1.807, 2.05) is 12.1 Å². The van der Waals surface area contributed by atoms with Gasteiger partial charge in [0.15, 0.2) is 0 Å². The predicted molar refractivity (Wildman–Crippen MR) is 108 cm³/mol. The van der Waals surface area contributed by atoms with Crippen LogP contribution in [-0.4, -0.2) is 20.3 Å². The SMILES string of the molecule is NC(=O)Oc1ccc2nc(-c3ccc(S(=O)c4ccc(Cl)cc4)cc3)[nH]c2c1. The van der Waals surface area contributed by atoms with E-state index < -0.39 is 16.9 Å². The van der Waals surface area contributed by atoms with Crippen molar-refractivity contribution in [2.24, 2.45) is 5.73 Å². The summed E-state index contributed by atoms with van der Waals surface area (Å²) < 4.78 is 17.5. The molecule has 1 amide bonds. The Kier molecular flexibility index (Phi) is 4.85. The van der Waals surface area contributed by atoms with Crippen molar-refractivity contribution in [3.8, 4) is 17.1 Å². The number of carbonyl (C=O) groups excluding carboxylic acids is 1. The standard InChI is InChI=1S/C20H14ClN3O3S/c21-13-3-8-16(9-4-13)28(26)15-6-1-12(2-7-15)19-23-17-10-5-14(27-20(22)25)11-18(17)24-19/h1-11H,(H2,22,25)(H,23,24). The van der Waals surface area contributed by atoms with E-state index in [0.717, 1.165) is 11.1 Å². The third-order valence-corrected chi connectivity index (χ3v) is 5.69. The zero-order chi connectivity index (χ0) is 19.7. The number of aromatic nitrogens is 2. The van der Waals surface area contributed by atoms with Gasteiger partial charge in [-0.1, -0.05) is 23.7 Å². The van der Waals surface area contributed by atoms with Crippen molar-refractivity contribution in [2.45, 2.75) is 9.79 Å². The molecule has 1 aromatic heterocycles. The van der Waals surface area contributed by atoms with Crippen molar-refractivity contribution in [1.29, 1.82) is 0 Å². The summed E-state index contributed by atoms with van der Waals surface area (Å²) in [5.41, 5.74) is 7.31. The van der Waals surface area contributed by atoms with E-state index in [9.17, 15) is 9.00 Å². The number of rotatable bonds is 4. The predicted octanol–water partition coefficient (Wildman–Crippen LogP) is 4.51. The Bertz CT molecular complexity index is 1190. The fraction of sp³-hybridized carbons (Fsp3) is 0. The Labute approximate surface area is 167 Å². The van der Waals surface area contributed by atoms with Crippen LogP contribution in [0.2, 0.25) is 5.02 Å². The summed E-state index contributed by atoms with van der Waals surface area (Å²) in [5, 5.41) is 0.602. The molecule has 140 valence electrons. The number of amides is 1. The number of imidazole rings is 1. The molecule has 0 aliphatic carbocycles. The summed E-state index contributed by atoms with van der Waals surface area (Å²) in [5.74, 6) is 0.985. The van der Waals surface area contributed by atoms with Crippen LogP contribution in [0.3, 0.4) is 0 Å². The minimum atomic E-state index is -1.29. The van der Waals surface area contributed by atoms with Crippen molar-refractivity contribution in [2.75, 3.05) is 0 Å². The van der Waals surface area contributed by atoms with Gasteiger partial charge in [-0.05, 0) is 48.5 Å². The number of benzene rings is 3. The molecule has 3 N–H and O–H groups in total. The zero-order valence-corrected chi connectivity index (χ0v) is 16.0. The summed E-state index contributed by atoms with van der Waals surface area (Å²) in [6.45, 7) is 0. The van der Waals surface area contributed by atoms with Gasteiger partial charge in [-0.2, -0.15) is 0 Å². The van der Waals surface area contributed by atoms with Gasteiger partial charge in [0.2, 0.25) is 0 Å². The Hall–Kier alpha value is -3.16. The topological polar surface area (TPSA) is 98.1 Å². The van der Waals surface area contributed by atoms with Crippen LogP contribution in [0.5, 0.6) is 5.75 Å². The highest BCUT2D eigenvalue weighted by Gasteiger charge is 2.10. The normalized spacial score (nSPS) is 12.0. The van der Waals surface area contributed by atoms with Crippen molar-refractivity contribution in [3.63, 3.8) is 0 Å². The smallest absolute Gasteiger partial charge is 0.409 e. The first-order valence-corrected chi connectivity index (χ1v) is 9.77. The summed E-state index contributed by atoms with van der Waals surface area (Å²) in [4.78, 5) is 19.9. The maximum atomic E-state index is 12.7. The van der Waals surface area contributed by atoms with Gasteiger partial charge in [-0.15, -0.1) is 0 Å².